The quantitative estimate of drug-likeness (QED) is 0.803. The van der Waals surface area contributed by atoms with E-state index in [1.807, 2.05) is 24.3 Å². The third kappa shape index (κ3) is 2.78. The number of rotatable bonds is 3. The lowest BCUT2D eigenvalue weighted by atomic mass is 10.0. The van der Waals surface area contributed by atoms with Crippen molar-refractivity contribution in [3.05, 3.63) is 59.2 Å². The van der Waals surface area contributed by atoms with E-state index in [9.17, 15) is 13.2 Å². The summed E-state index contributed by atoms with van der Waals surface area (Å²) in [5, 5.41) is 0. The highest BCUT2D eigenvalue weighted by atomic mass is 32.2. The maximum atomic E-state index is 13.1. The molecule has 0 unspecified atom stereocenters. The van der Waals surface area contributed by atoms with Gasteiger partial charge < -0.3 is 4.74 Å². The van der Waals surface area contributed by atoms with Gasteiger partial charge in [-0.15, -0.1) is 0 Å². The summed E-state index contributed by atoms with van der Waals surface area (Å²) in [7, 11) is -2.45. The number of sulfonamides is 1. The number of anilines is 1. The van der Waals surface area contributed by atoms with E-state index in [0.29, 0.717) is 17.8 Å². The first-order chi connectivity index (χ1) is 11.4. The lowest BCUT2D eigenvalue weighted by Crippen LogP contribution is -2.35. The highest BCUT2D eigenvalue weighted by Crippen LogP contribution is 2.32. The molecule has 3 rings (SSSR count). The van der Waals surface area contributed by atoms with Gasteiger partial charge in [0, 0.05) is 6.54 Å². The monoisotopic (exact) mass is 345 g/mol. The predicted molar refractivity (Wildman–Crippen MR) is 91.8 cm³/mol. The molecule has 1 aliphatic heterocycles. The molecule has 1 heterocycles. The van der Waals surface area contributed by atoms with Gasteiger partial charge in [0.1, 0.15) is 0 Å². The summed E-state index contributed by atoms with van der Waals surface area (Å²) in [5.74, 6) is -0.538. The second kappa shape index (κ2) is 6.28. The van der Waals surface area contributed by atoms with Gasteiger partial charge in [-0.2, -0.15) is 0 Å². The Morgan fingerprint density at radius 1 is 1.17 bits per heavy atom. The number of methoxy groups -OCH3 is 1. The first-order valence-electron chi connectivity index (χ1n) is 7.75. The molecule has 2 aromatic rings. The summed E-state index contributed by atoms with van der Waals surface area (Å²) >= 11 is 0. The number of hydrogen-bond acceptors (Lipinski definition) is 4. The zero-order valence-corrected chi connectivity index (χ0v) is 14.5. The van der Waals surface area contributed by atoms with Crippen LogP contribution in [0.25, 0.3) is 0 Å². The topological polar surface area (TPSA) is 63.7 Å². The highest BCUT2D eigenvalue weighted by molar-refractivity contribution is 7.92. The Kier molecular flexibility index (Phi) is 4.32. The average molecular weight is 345 g/mol. The summed E-state index contributed by atoms with van der Waals surface area (Å²) < 4.78 is 32.4. The Labute approximate surface area is 141 Å². The molecule has 0 spiro atoms. The van der Waals surface area contributed by atoms with Crippen LogP contribution in [0.4, 0.5) is 5.69 Å². The summed E-state index contributed by atoms with van der Waals surface area (Å²) in [6.07, 6.45) is 1.63. The lowest BCUT2D eigenvalue weighted by Gasteiger charge is -2.30. The molecule has 6 heteroatoms. The van der Waals surface area contributed by atoms with Gasteiger partial charge in [0.15, 0.2) is 0 Å². The van der Waals surface area contributed by atoms with E-state index < -0.39 is 16.0 Å². The van der Waals surface area contributed by atoms with E-state index in [2.05, 4.69) is 0 Å². The zero-order valence-electron chi connectivity index (χ0n) is 13.7. The van der Waals surface area contributed by atoms with Crippen LogP contribution in [0.2, 0.25) is 0 Å². The van der Waals surface area contributed by atoms with E-state index in [4.69, 9.17) is 4.74 Å². The second-order valence-electron chi connectivity index (χ2n) is 5.78. The van der Waals surface area contributed by atoms with E-state index >= 15 is 0 Å². The summed E-state index contributed by atoms with van der Waals surface area (Å²) in [5.41, 5.74) is 2.68. The average Bonchev–Trinajstić information content (AvgIpc) is 2.60. The molecule has 0 amide bonds. The normalized spacial score (nSPS) is 14.2. The third-order valence-electron chi connectivity index (χ3n) is 4.27. The van der Waals surface area contributed by atoms with Crippen molar-refractivity contribution >= 4 is 21.7 Å². The maximum absolute atomic E-state index is 13.1. The van der Waals surface area contributed by atoms with Crippen molar-refractivity contribution in [1.29, 1.82) is 0 Å². The van der Waals surface area contributed by atoms with Gasteiger partial charge >= 0.3 is 5.97 Å². The number of benzene rings is 2. The number of carbonyl (C=O) groups is 1. The van der Waals surface area contributed by atoms with Crippen LogP contribution >= 0.6 is 0 Å². The van der Waals surface area contributed by atoms with Gasteiger partial charge in [-0.3, -0.25) is 4.31 Å². The fourth-order valence-electron chi connectivity index (χ4n) is 2.97. The van der Waals surface area contributed by atoms with Gasteiger partial charge in [0.25, 0.3) is 10.0 Å². The van der Waals surface area contributed by atoms with Crippen LogP contribution in [0.1, 0.15) is 27.9 Å². The largest absolute Gasteiger partial charge is 0.465 e. The van der Waals surface area contributed by atoms with Crippen LogP contribution in [0, 0.1) is 6.92 Å². The molecule has 0 radical (unpaired) electrons. The SMILES string of the molecule is COC(=O)c1cc(S(=O)(=O)N2CCCc3ccccc32)ccc1C. The molecule has 0 fully saturated rings. The van der Waals surface area contributed by atoms with Gasteiger partial charge in [0.05, 0.1) is 23.3 Å². The Morgan fingerprint density at radius 2 is 1.92 bits per heavy atom. The molecule has 5 nitrogen and oxygen atoms in total. The van der Waals surface area contributed by atoms with Crippen molar-refractivity contribution < 1.29 is 17.9 Å². The van der Waals surface area contributed by atoms with Gasteiger partial charge in [-0.25, -0.2) is 13.2 Å². The highest BCUT2D eigenvalue weighted by Gasteiger charge is 2.29. The van der Waals surface area contributed by atoms with Crippen LogP contribution in [0.3, 0.4) is 0 Å². The molecule has 24 heavy (non-hydrogen) atoms. The number of aryl methyl sites for hydroxylation is 2. The number of nitrogens with zero attached hydrogens (tertiary/aromatic N) is 1. The van der Waals surface area contributed by atoms with Crippen LogP contribution in [0.5, 0.6) is 0 Å². The number of esters is 1. The molecular formula is C18H19NO4S. The molecule has 1 aliphatic rings. The van der Waals surface area contributed by atoms with Crippen molar-refractivity contribution in [3.8, 4) is 0 Å². The second-order valence-corrected chi connectivity index (χ2v) is 7.64. The predicted octanol–water partition coefficient (Wildman–Crippen LogP) is 2.92. The number of fused-ring (bicyclic) bond motifs is 1. The minimum absolute atomic E-state index is 0.102. The molecule has 0 bridgehead atoms. The van der Waals surface area contributed by atoms with Crippen LogP contribution < -0.4 is 4.31 Å². The summed E-state index contributed by atoms with van der Waals surface area (Å²) in [4.78, 5) is 12.0. The minimum atomic E-state index is -3.73. The first-order valence-corrected chi connectivity index (χ1v) is 9.19. The molecule has 2 aromatic carbocycles. The molecular weight excluding hydrogens is 326 g/mol. The summed E-state index contributed by atoms with van der Waals surface area (Å²) in [6, 6.07) is 12.1. The van der Waals surface area contributed by atoms with Crippen molar-refractivity contribution in [2.24, 2.45) is 0 Å². The molecule has 0 aromatic heterocycles. The van der Waals surface area contributed by atoms with E-state index in [-0.39, 0.29) is 10.5 Å². The Morgan fingerprint density at radius 3 is 2.67 bits per heavy atom. The lowest BCUT2D eigenvalue weighted by molar-refractivity contribution is 0.0599. The van der Waals surface area contributed by atoms with Gasteiger partial charge in [-0.1, -0.05) is 24.3 Å². The van der Waals surface area contributed by atoms with Crippen LogP contribution in [-0.4, -0.2) is 28.0 Å². The molecule has 0 saturated carbocycles. The van der Waals surface area contributed by atoms with Crippen LogP contribution in [0.15, 0.2) is 47.4 Å². The number of para-hydroxylation sites is 1. The Bertz CT molecular complexity index is 890. The fourth-order valence-corrected chi connectivity index (χ4v) is 4.54. The molecule has 0 aliphatic carbocycles. The number of ether oxygens (including phenoxy) is 1. The maximum Gasteiger partial charge on any atom is 0.338 e. The molecule has 0 atom stereocenters. The minimum Gasteiger partial charge on any atom is -0.465 e. The molecule has 126 valence electrons. The van der Waals surface area contributed by atoms with E-state index in [0.717, 1.165) is 18.4 Å². The van der Waals surface area contributed by atoms with Gasteiger partial charge in [-0.05, 0) is 49.1 Å². The van der Waals surface area contributed by atoms with Gasteiger partial charge in [0.2, 0.25) is 0 Å². The summed E-state index contributed by atoms with van der Waals surface area (Å²) in [6.45, 7) is 2.18. The van der Waals surface area contributed by atoms with Crippen LogP contribution in [-0.2, 0) is 21.2 Å². The first kappa shape index (κ1) is 16.5. The van der Waals surface area contributed by atoms with Crippen molar-refractivity contribution in [1.82, 2.24) is 0 Å². The van der Waals surface area contributed by atoms with Crippen molar-refractivity contribution in [2.45, 2.75) is 24.7 Å². The van der Waals surface area contributed by atoms with Crippen molar-refractivity contribution in [3.63, 3.8) is 0 Å². The Hall–Kier alpha value is -2.34. The zero-order chi connectivity index (χ0) is 17.3. The smallest absolute Gasteiger partial charge is 0.338 e. The number of hydrogen-bond donors (Lipinski definition) is 0. The molecule has 0 saturated heterocycles. The van der Waals surface area contributed by atoms with E-state index in [1.54, 1.807) is 13.0 Å². The standard InChI is InChI=1S/C18H19NO4S/c1-13-9-10-15(12-16(13)18(20)23-2)24(21,22)19-11-5-7-14-6-3-4-8-17(14)19/h3-4,6,8-10,12H,5,7,11H2,1-2H3. The number of carbonyl (C=O) groups excluding carboxylic acids is 1. The fraction of sp³-hybridized carbons (Fsp3) is 0.278. The molecule has 0 N–H and O–H groups in total. The third-order valence-corrected chi connectivity index (χ3v) is 6.08. The Balaban J connectivity index is 2.08. The van der Waals surface area contributed by atoms with E-state index in [1.165, 1.54) is 23.5 Å². The van der Waals surface area contributed by atoms with Crippen molar-refractivity contribution in [2.75, 3.05) is 18.0 Å².